The Balaban J connectivity index is 2.12. The summed E-state index contributed by atoms with van der Waals surface area (Å²) in [6.07, 6.45) is 1.06. The summed E-state index contributed by atoms with van der Waals surface area (Å²) >= 11 is 0. The number of aryl methyl sites for hydroxylation is 2. The minimum Gasteiger partial charge on any atom is -0.464 e. The van der Waals surface area contributed by atoms with E-state index in [1.165, 1.54) is 0 Å². The van der Waals surface area contributed by atoms with E-state index in [0.29, 0.717) is 11.4 Å². The van der Waals surface area contributed by atoms with Crippen molar-refractivity contribution in [2.45, 2.75) is 18.7 Å². The SMILES string of the molecule is COC(=O)c1cc(S(=O)(=O)NC(=O)Nc2nc(C)cc(C)n2)c[nH]1. The first-order valence-electron chi connectivity index (χ1n) is 6.64. The second-order valence-electron chi connectivity index (χ2n) is 4.77. The molecule has 0 spiro atoms. The summed E-state index contributed by atoms with van der Waals surface area (Å²) in [7, 11) is -3.02. The van der Waals surface area contributed by atoms with Crippen LogP contribution in [0.3, 0.4) is 0 Å². The van der Waals surface area contributed by atoms with E-state index in [-0.39, 0.29) is 16.5 Å². The molecule has 11 heteroatoms. The lowest BCUT2D eigenvalue weighted by atomic mass is 10.4. The average Bonchev–Trinajstić information content (AvgIpc) is 2.95. The molecule has 2 aromatic heterocycles. The zero-order chi connectivity index (χ0) is 17.9. The Kier molecular flexibility index (Phi) is 4.83. The molecular formula is C13H15N5O5S. The second kappa shape index (κ2) is 6.66. The van der Waals surface area contributed by atoms with Crippen LogP contribution in [-0.2, 0) is 14.8 Å². The molecule has 2 rings (SSSR count). The van der Waals surface area contributed by atoms with Crippen molar-refractivity contribution in [2.24, 2.45) is 0 Å². The Morgan fingerprint density at radius 2 is 1.79 bits per heavy atom. The number of nitrogens with one attached hydrogen (secondary N) is 3. The largest absolute Gasteiger partial charge is 0.464 e. The lowest BCUT2D eigenvalue weighted by molar-refractivity contribution is 0.0594. The van der Waals surface area contributed by atoms with Crippen molar-refractivity contribution >= 4 is 28.0 Å². The van der Waals surface area contributed by atoms with Crippen LogP contribution in [0.15, 0.2) is 23.2 Å². The van der Waals surface area contributed by atoms with Gasteiger partial charge in [0.25, 0.3) is 10.0 Å². The summed E-state index contributed by atoms with van der Waals surface area (Å²) in [5, 5.41) is 2.24. The Morgan fingerprint density at radius 1 is 1.17 bits per heavy atom. The molecular weight excluding hydrogens is 338 g/mol. The number of methoxy groups -OCH3 is 1. The number of nitrogens with zero attached hydrogens (tertiary/aromatic N) is 2. The third-order valence-corrected chi connectivity index (χ3v) is 4.12. The van der Waals surface area contributed by atoms with Crippen LogP contribution in [0.2, 0.25) is 0 Å². The van der Waals surface area contributed by atoms with Crippen molar-refractivity contribution < 1.29 is 22.7 Å². The number of aromatic amines is 1. The van der Waals surface area contributed by atoms with Gasteiger partial charge in [-0.25, -0.2) is 32.7 Å². The number of carbonyl (C=O) groups excluding carboxylic acids is 2. The highest BCUT2D eigenvalue weighted by molar-refractivity contribution is 7.90. The summed E-state index contributed by atoms with van der Waals surface area (Å²) in [6, 6.07) is 1.73. The van der Waals surface area contributed by atoms with Crippen molar-refractivity contribution in [2.75, 3.05) is 12.4 Å². The Morgan fingerprint density at radius 3 is 2.38 bits per heavy atom. The standard InChI is InChI=1S/C13H15N5O5S/c1-7-4-8(2)16-12(15-7)17-13(20)18-24(21,22)9-5-10(14-6-9)11(19)23-3/h4-6,14H,1-3H3,(H2,15,16,17,18,20). The third-order valence-electron chi connectivity index (χ3n) is 2.81. The number of amides is 2. The van der Waals surface area contributed by atoms with Crippen LogP contribution in [-0.4, -0.2) is 42.5 Å². The molecule has 128 valence electrons. The molecule has 0 aromatic carbocycles. The van der Waals surface area contributed by atoms with Crippen LogP contribution in [0.25, 0.3) is 0 Å². The van der Waals surface area contributed by atoms with Gasteiger partial charge in [0.2, 0.25) is 5.95 Å². The lowest BCUT2D eigenvalue weighted by Crippen LogP contribution is -2.34. The molecule has 0 saturated carbocycles. The number of urea groups is 1. The molecule has 2 heterocycles. The minimum atomic E-state index is -4.18. The van der Waals surface area contributed by atoms with E-state index in [0.717, 1.165) is 19.4 Å². The van der Waals surface area contributed by atoms with E-state index in [2.05, 4.69) is 25.0 Å². The van der Waals surface area contributed by atoms with Crippen molar-refractivity contribution in [3.05, 3.63) is 35.4 Å². The summed E-state index contributed by atoms with van der Waals surface area (Å²) in [4.78, 5) is 33.3. The van der Waals surface area contributed by atoms with Crippen LogP contribution in [0, 0.1) is 13.8 Å². The summed E-state index contributed by atoms with van der Waals surface area (Å²) in [5.74, 6) is -0.756. The summed E-state index contributed by atoms with van der Waals surface area (Å²) < 4.78 is 30.5. The molecule has 0 unspecified atom stereocenters. The van der Waals surface area contributed by atoms with Crippen LogP contribution in [0.5, 0.6) is 0 Å². The molecule has 2 aromatic rings. The van der Waals surface area contributed by atoms with E-state index in [4.69, 9.17) is 0 Å². The number of hydrogen-bond donors (Lipinski definition) is 3. The first-order valence-corrected chi connectivity index (χ1v) is 8.12. The normalized spacial score (nSPS) is 11.0. The van der Waals surface area contributed by atoms with E-state index in [1.54, 1.807) is 24.6 Å². The summed E-state index contributed by atoms with van der Waals surface area (Å²) in [5.41, 5.74) is 1.18. The average molecular weight is 353 g/mol. The smallest absolute Gasteiger partial charge is 0.354 e. The molecule has 0 radical (unpaired) electrons. The van der Waals surface area contributed by atoms with E-state index < -0.39 is 22.0 Å². The number of hydrogen-bond acceptors (Lipinski definition) is 7. The molecule has 0 bridgehead atoms. The van der Waals surface area contributed by atoms with Gasteiger partial charge >= 0.3 is 12.0 Å². The highest BCUT2D eigenvalue weighted by Gasteiger charge is 2.21. The van der Waals surface area contributed by atoms with Gasteiger partial charge in [-0.05, 0) is 26.0 Å². The number of aromatic nitrogens is 3. The quantitative estimate of drug-likeness (QED) is 0.687. The van der Waals surface area contributed by atoms with Gasteiger partial charge in [-0.2, -0.15) is 0 Å². The molecule has 0 aliphatic heterocycles. The maximum atomic E-state index is 12.1. The van der Waals surface area contributed by atoms with Crippen LogP contribution >= 0.6 is 0 Å². The maximum Gasteiger partial charge on any atom is 0.354 e. The number of carbonyl (C=O) groups is 2. The highest BCUT2D eigenvalue weighted by Crippen LogP contribution is 2.11. The Labute approximate surface area is 137 Å². The fourth-order valence-electron chi connectivity index (χ4n) is 1.85. The molecule has 0 atom stereocenters. The second-order valence-corrected chi connectivity index (χ2v) is 6.46. The van der Waals surface area contributed by atoms with E-state index in [9.17, 15) is 18.0 Å². The molecule has 0 aliphatic carbocycles. The number of esters is 1. The minimum absolute atomic E-state index is 0.0236. The fraction of sp³-hybridized carbons (Fsp3) is 0.231. The first-order chi connectivity index (χ1) is 11.2. The highest BCUT2D eigenvalue weighted by atomic mass is 32.2. The molecule has 0 fully saturated rings. The van der Waals surface area contributed by atoms with Crippen molar-refractivity contribution in [3.8, 4) is 0 Å². The van der Waals surface area contributed by atoms with Crippen LogP contribution in [0.4, 0.5) is 10.7 Å². The number of sulfonamides is 1. The molecule has 2 amide bonds. The molecule has 0 aliphatic rings. The van der Waals surface area contributed by atoms with Crippen LogP contribution < -0.4 is 10.0 Å². The van der Waals surface area contributed by atoms with E-state index in [1.807, 2.05) is 0 Å². The van der Waals surface area contributed by atoms with Crippen molar-refractivity contribution in [3.63, 3.8) is 0 Å². The zero-order valence-electron chi connectivity index (χ0n) is 13.1. The van der Waals surface area contributed by atoms with Gasteiger partial charge in [0, 0.05) is 17.6 Å². The van der Waals surface area contributed by atoms with Crippen molar-refractivity contribution in [1.29, 1.82) is 0 Å². The topological polar surface area (TPSA) is 143 Å². The number of anilines is 1. The number of H-pyrrole nitrogens is 1. The molecule has 3 N–H and O–H groups in total. The number of ether oxygens (including phenoxy) is 1. The predicted octanol–water partition coefficient (Wildman–Crippen LogP) is 0.719. The Hall–Kier alpha value is -2.95. The van der Waals surface area contributed by atoms with Gasteiger partial charge in [-0.1, -0.05) is 0 Å². The molecule has 10 nitrogen and oxygen atoms in total. The van der Waals surface area contributed by atoms with Gasteiger partial charge < -0.3 is 9.72 Å². The number of rotatable bonds is 4. The zero-order valence-corrected chi connectivity index (χ0v) is 13.9. The van der Waals surface area contributed by atoms with E-state index >= 15 is 0 Å². The molecule has 24 heavy (non-hydrogen) atoms. The van der Waals surface area contributed by atoms with Gasteiger partial charge in [0.05, 0.1) is 7.11 Å². The lowest BCUT2D eigenvalue weighted by Gasteiger charge is -2.07. The fourth-order valence-corrected chi connectivity index (χ4v) is 2.75. The van der Waals surface area contributed by atoms with Gasteiger partial charge in [0.1, 0.15) is 10.6 Å². The Bertz CT molecular complexity index is 870. The monoisotopic (exact) mass is 353 g/mol. The van der Waals surface area contributed by atoms with Gasteiger partial charge in [-0.3, -0.25) is 5.32 Å². The maximum absolute atomic E-state index is 12.1. The molecule has 0 saturated heterocycles. The first kappa shape index (κ1) is 17.4. The predicted molar refractivity (Wildman–Crippen MR) is 83.0 cm³/mol. The van der Waals surface area contributed by atoms with Gasteiger partial charge in [0.15, 0.2) is 0 Å². The van der Waals surface area contributed by atoms with Crippen LogP contribution in [0.1, 0.15) is 21.9 Å². The van der Waals surface area contributed by atoms with Crippen molar-refractivity contribution in [1.82, 2.24) is 19.7 Å². The summed E-state index contributed by atoms with van der Waals surface area (Å²) in [6.45, 7) is 3.42. The van der Waals surface area contributed by atoms with Gasteiger partial charge in [-0.15, -0.1) is 0 Å². The third kappa shape index (κ3) is 4.07.